The van der Waals surface area contributed by atoms with Crippen molar-refractivity contribution in [3.05, 3.63) is 77.0 Å². The number of esters is 1. The molecule has 0 atom stereocenters. The van der Waals surface area contributed by atoms with E-state index in [1.807, 2.05) is 43.3 Å². The number of carbonyl (C=O) groups is 1. The molecule has 2 aromatic carbocycles. The SMILES string of the molecule is COC(=O)c1ccc(C=C=C(C)c2ccccc2)cc1. The molecule has 0 unspecified atom stereocenters. The lowest BCUT2D eigenvalue weighted by Crippen LogP contribution is -2.00. The minimum Gasteiger partial charge on any atom is -0.465 e. The highest BCUT2D eigenvalue weighted by Gasteiger charge is 2.02. The van der Waals surface area contributed by atoms with Crippen molar-refractivity contribution < 1.29 is 9.53 Å². The Kier molecular flexibility index (Phi) is 4.54. The van der Waals surface area contributed by atoms with Crippen molar-refractivity contribution in [1.29, 1.82) is 0 Å². The highest BCUT2D eigenvalue weighted by molar-refractivity contribution is 5.89. The highest BCUT2D eigenvalue weighted by atomic mass is 16.5. The molecule has 0 saturated heterocycles. The molecule has 20 heavy (non-hydrogen) atoms. The summed E-state index contributed by atoms with van der Waals surface area (Å²) in [6.45, 7) is 2.02. The van der Waals surface area contributed by atoms with Crippen LogP contribution in [0.15, 0.2) is 60.3 Å². The lowest BCUT2D eigenvalue weighted by Gasteiger charge is -1.99. The second-order valence-electron chi connectivity index (χ2n) is 4.39. The van der Waals surface area contributed by atoms with Gasteiger partial charge in [-0.05, 0) is 41.8 Å². The van der Waals surface area contributed by atoms with Gasteiger partial charge in [0, 0.05) is 0 Å². The molecule has 0 N–H and O–H groups in total. The van der Waals surface area contributed by atoms with Gasteiger partial charge in [0.2, 0.25) is 0 Å². The van der Waals surface area contributed by atoms with Gasteiger partial charge in [0.15, 0.2) is 0 Å². The summed E-state index contributed by atoms with van der Waals surface area (Å²) in [6, 6.07) is 17.3. The molecule has 2 nitrogen and oxygen atoms in total. The van der Waals surface area contributed by atoms with E-state index in [1.165, 1.54) is 7.11 Å². The molecule has 0 fully saturated rings. The fourth-order valence-corrected chi connectivity index (χ4v) is 1.80. The maximum atomic E-state index is 11.3. The molecule has 2 rings (SSSR count). The van der Waals surface area contributed by atoms with E-state index >= 15 is 0 Å². The average molecular weight is 264 g/mol. The Balaban J connectivity index is 2.21. The predicted octanol–water partition coefficient (Wildman–Crippen LogP) is 4.19. The fourth-order valence-electron chi connectivity index (χ4n) is 1.80. The van der Waals surface area contributed by atoms with Crippen LogP contribution in [0, 0.1) is 0 Å². The summed E-state index contributed by atoms with van der Waals surface area (Å²) in [4.78, 5) is 11.3. The first-order chi connectivity index (χ1) is 9.70. The number of methoxy groups -OCH3 is 1. The third-order valence-corrected chi connectivity index (χ3v) is 2.99. The molecule has 0 aromatic heterocycles. The maximum Gasteiger partial charge on any atom is 0.337 e. The van der Waals surface area contributed by atoms with Crippen LogP contribution in [0.5, 0.6) is 0 Å². The third-order valence-electron chi connectivity index (χ3n) is 2.99. The Morgan fingerprint density at radius 1 is 1.00 bits per heavy atom. The quantitative estimate of drug-likeness (QED) is 0.613. The molecule has 0 aliphatic rings. The zero-order chi connectivity index (χ0) is 14.4. The van der Waals surface area contributed by atoms with Gasteiger partial charge >= 0.3 is 5.97 Å². The van der Waals surface area contributed by atoms with Gasteiger partial charge in [0.1, 0.15) is 0 Å². The summed E-state index contributed by atoms with van der Waals surface area (Å²) in [6.07, 6.45) is 1.91. The van der Waals surface area contributed by atoms with Crippen LogP contribution in [0.4, 0.5) is 0 Å². The Morgan fingerprint density at radius 3 is 2.25 bits per heavy atom. The molecule has 2 heteroatoms. The number of carbonyl (C=O) groups excluding carboxylic acids is 1. The van der Waals surface area contributed by atoms with Gasteiger partial charge in [-0.3, -0.25) is 0 Å². The van der Waals surface area contributed by atoms with Crippen LogP contribution >= 0.6 is 0 Å². The highest BCUT2D eigenvalue weighted by Crippen LogP contribution is 2.13. The second kappa shape index (κ2) is 6.55. The molecule has 100 valence electrons. The number of rotatable bonds is 3. The van der Waals surface area contributed by atoms with Crippen molar-refractivity contribution in [3.8, 4) is 0 Å². The molecule has 0 bridgehead atoms. The first-order valence-corrected chi connectivity index (χ1v) is 6.38. The second-order valence-corrected chi connectivity index (χ2v) is 4.39. The van der Waals surface area contributed by atoms with Gasteiger partial charge in [-0.25, -0.2) is 4.79 Å². The van der Waals surface area contributed by atoms with Crippen molar-refractivity contribution in [2.24, 2.45) is 0 Å². The van der Waals surface area contributed by atoms with Crippen molar-refractivity contribution in [2.75, 3.05) is 7.11 Å². The monoisotopic (exact) mass is 264 g/mol. The first-order valence-electron chi connectivity index (χ1n) is 6.38. The Bertz CT molecular complexity index is 646. The van der Waals surface area contributed by atoms with Gasteiger partial charge in [0.25, 0.3) is 0 Å². The molecular weight excluding hydrogens is 248 g/mol. The summed E-state index contributed by atoms with van der Waals surface area (Å²) >= 11 is 0. The summed E-state index contributed by atoms with van der Waals surface area (Å²) in [5, 5.41) is 0. The molecule has 0 amide bonds. The van der Waals surface area contributed by atoms with Crippen LogP contribution < -0.4 is 0 Å². The number of allylic oxidation sites excluding steroid dienone is 1. The standard InChI is InChI=1S/C18H16O2/c1-14(16-6-4-3-5-7-16)8-9-15-10-12-17(13-11-15)18(19)20-2/h3-7,9-13H,1-2H3. The number of hydrogen-bond acceptors (Lipinski definition) is 2. The molecule has 0 heterocycles. The minimum absolute atomic E-state index is 0.323. The maximum absolute atomic E-state index is 11.3. The zero-order valence-corrected chi connectivity index (χ0v) is 11.6. The summed E-state index contributed by atoms with van der Waals surface area (Å²) < 4.78 is 4.66. The van der Waals surface area contributed by atoms with Gasteiger partial charge < -0.3 is 4.74 Å². The number of ether oxygens (including phenoxy) is 1. The third kappa shape index (κ3) is 3.47. The number of benzene rings is 2. The van der Waals surface area contributed by atoms with Gasteiger partial charge in [0.05, 0.1) is 12.7 Å². The van der Waals surface area contributed by atoms with E-state index in [2.05, 4.69) is 22.6 Å². The van der Waals surface area contributed by atoms with E-state index in [0.29, 0.717) is 5.56 Å². The minimum atomic E-state index is -0.323. The largest absolute Gasteiger partial charge is 0.465 e. The van der Waals surface area contributed by atoms with E-state index in [4.69, 9.17) is 0 Å². The van der Waals surface area contributed by atoms with Gasteiger partial charge in [-0.1, -0.05) is 42.5 Å². The first kappa shape index (κ1) is 13.9. The van der Waals surface area contributed by atoms with Gasteiger partial charge in [-0.2, -0.15) is 0 Å². The lowest BCUT2D eigenvalue weighted by molar-refractivity contribution is 0.0601. The molecular formula is C18H16O2. The van der Waals surface area contributed by atoms with Crippen LogP contribution in [0.3, 0.4) is 0 Å². The molecule has 0 aliphatic carbocycles. The van der Waals surface area contributed by atoms with Crippen LogP contribution in [-0.2, 0) is 4.74 Å². The summed E-state index contributed by atoms with van der Waals surface area (Å²) in [7, 11) is 1.38. The molecule has 0 saturated carbocycles. The Morgan fingerprint density at radius 2 is 1.65 bits per heavy atom. The topological polar surface area (TPSA) is 26.3 Å². The van der Waals surface area contributed by atoms with Crippen LogP contribution in [0.25, 0.3) is 11.6 Å². The molecule has 0 aliphatic heterocycles. The van der Waals surface area contributed by atoms with Crippen LogP contribution in [0.1, 0.15) is 28.4 Å². The normalized spacial score (nSPS) is 9.50. The summed E-state index contributed by atoms with van der Waals surface area (Å²) in [5.74, 6) is -0.323. The smallest absolute Gasteiger partial charge is 0.337 e. The Labute approximate surface area is 119 Å². The van der Waals surface area contributed by atoms with Crippen molar-refractivity contribution in [2.45, 2.75) is 6.92 Å². The van der Waals surface area contributed by atoms with Crippen LogP contribution in [0.2, 0.25) is 0 Å². The number of hydrogen-bond donors (Lipinski definition) is 0. The van der Waals surface area contributed by atoms with E-state index < -0.39 is 0 Å². The van der Waals surface area contributed by atoms with E-state index in [1.54, 1.807) is 12.1 Å². The average Bonchev–Trinajstić information content (AvgIpc) is 2.53. The fraction of sp³-hybridized carbons (Fsp3) is 0.111. The summed E-state index contributed by atoms with van der Waals surface area (Å²) in [5.41, 5.74) is 7.02. The lowest BCUT2D eigenvalue weighted by atomic mass is 10.1. The molecule has 0 radical (unpaired) electrons. The van der Waals surface area contributed by atoms with Gasteiger partial charge in [-0.15, -0.1) is 5.73 Å². The van der Waals surface area contributed by atoms with E-state index in [0.717, 1.165) is 16.7 Å². The molecule has 0 spiro atoms. The van der Waals surface area contributed by atoms with E-state index in [9.17, 15) is 4.79 Å². The van der Waals surface area contributed by atoms with Crippen molar-refractivity contribution in [1.82, 2.24) is 0 Å². The van der Waals surface area contributed by atoms with Crippen molar-refractivity contribution >= 4 is 17.6 Å². The zero-order valence-electron chi connectivity index (χ0n) is 11.6. The predicted molar refractivity (Wildman–Crippen MR) is 81.3 cm³/mol. The van der Waals surface area contributed by atoms with Crippen molar-refractivity contribution in [3.63, 3.8) is 0 Å². The van der Waals surface area contributed by atoms with E-state index in [-0.39, 0.29) is 5.97 Å². The molecule has 2 aromatic rings. The Hall–Kier alpha value is -2.57. The van der Waals surface area contributed by atoms with Crippen LogP contribution in [-0.4, -0.2) is 13.1 Å².